The molecule has 386 valence electrons. The minimum absolute atomic E-state index is 0.0980. The third-order valence-corrected chi connectivity index (χ3v) is 15.2. The molecule has 0 radical (unpaired) electrons. The molecule has 3 aliphatic heterocycles. The summed E-state index contributed by atoms with van der Waals surface area (Å²) in [5.74, 6) is 4.19. The van der Waals surface area contributed by atoms with Crippen molar-refractivity contribution in [3.05, 3.63) is 171 Å². The summed E-state index contributed by atoms with van der Waals surface area (Å²) in [5, 5.41) is 4.07. The average molecular weight is 1040 g/mol. The number of ketones is 2. The molecule has 0 saturated carbocycles. The van der Waals surface area contributed by atoms with Crippen molar-refractivity contribution < 1.29 is 52.4 Å². The molecule has 0 bridgehead atoms. The number of Topliss-reactive ketones (excluding diaryl/α,β-unsaturated/α-hetero) is 2. The maximum Gasteiger partial charge on any atom is 0.342 e. The van der Waals surface area contributed by atoms with Crippen molar-refractivity contribution in [2.45, 2.75) is 32.1 Å². The van der Waals surface area contributed by atoms with Crippen LogP contribution in [0, 0.1) is 24.7 Å². The lowest BCUT2D eigenvalue weighted by atomic mass is 9.92. The highest BCUT2D eigenvalue weighted by atomic mass is 16.6. The van der Waals surface area contributed by atoms with Gasteiger partial charge >= 0.3 is 5.97 Å². The quantitative estimate of drug-likeness (QED) is 0.0819. The number of methoxy groups -OCH3 is 1. The Hall–Kier alpha value is -9.27. The first-order valence-corrected chi connectivity index (χ1v) is 25.8. The second-order valence-electron chi connectivity index (χ2n) is 19.8. The number of hydrogen-bond acceptors (Lipinski definition) is 11. The average Bonchev–Trinajstić information content (AvgIpc) is 3.66. The first kappa shape index (κ1) is 49.6. The lowest BCUT2D eigenvalue weighted by Crippen LogP contribution is -2.42. The van der Waals surface area contributed by atoms with Crippen molar-refractivity contribution in [3.63, 3.8) is 0 Å². The van der Waals surface area contributed by atoms with Gasteiger partial charge in [0.15, 0.2) is 12.2 Å². The fourth-order valence-corrected chi connectivity index (χ4v) is 11.7. The molecular weight excluding hydrogens is 985 g/mol. The summed E-state index contributed by atoms with van der Waals surface area (Å²) in [6, 6.07) is 34.2. The number of morpholine rings is 1. The SMILES string of the molecule is C#CC1COC(=C)c2cccc(C3=C4C(=C(C(=O)N5CCOCC5)C3=O)c3cccc5cccc4c35)c2O1.C#CC1COC(=O)c2cccc(C3=C4C(=C(C(=O)N(CCOC)C(C)C)C3=O)c3cccc5cccc4c35)c2O1. The first-order valence-electron chi connectivity index (χ1n) is 25.8. The highest BCUT2D eigenvalue weighted by Crippen LogP contribution is 2.58. The van der Waals surface area contributed by atoms with E-state index in [1.807, 2.05) is 105 Å². The largest absolute Gasteiger partial charge is 0.488 e. The van der Waals surface area contributed by atoms with Crippen LogP contribution in [0.5, 0.6) is 11.5 Å². The molecule has 78 heavy (non-hydrogen) atoms. The highest BCUT2D eigenvalue weighted by molar-refractivity contribution is 6.57. The Balaban J connectivity index is 0.000000156. The molecule has 6 aromatic rings. The van der Waals surface area contributed by atoms with E-state index < -0.39 is 24.0 Å². The monoisotopic (exact) mass is 1030 g/mol. The van der Waals surface area contributed by atoms with Crippen LogP contribution in [0.4, 0.5) is 0 Å². The Bertz CT molecular complexity index is 3910. The number of fused-ring (bicyclic) bond motifs is 8. The molecule has 7 aliphatic rings. The zero-order valence-electron chi connectivity index (χ0n) is 43.0. The minimum atomic E-state index is -0.823. The Labute approximate surface area is 450 Å². The molecule has 1 fully saturated rings. The van der Waals surface area contributed by atoms with Gasteiger partial charge in [-0.25, -0.2) is 4.79 Å². The number of allylic oxidation sites excluding steroid dienone is 6. The molecule has 2 unspecified atom stereocenters. The van der Waals surface area contributed by atoms with Crippen LogP contribution < -0.4 is 9.47 Å². The smallest absolute Gasteiger partial charge is 0.342 e. The van der Waals surface area contributed by atoms with Gasteiger partial charge in [0.1, 0.15) is 36.0 Å². The van der Waals surface area contributed by atoms with Crippen molar-refractivity contribution >= 4 is 90.1 Å². The van der Waals surface area contributed by atoms with E-state index in [0.29, 0.717) is 95.5 Å². The van der Waals surface area contributed by atoms with Crippen molar-refractivity contribution in [1.82, 2.24) is 9.80 Å². The second-order valence-corrected chi connectivity index (χ2v) is 19.8. The summed E-state index contributed by atoms with van der Waals surface area (Å²) in [6.45, 7) is 10.4. The van der Waals surface area contributed by atoms with Gasteiger partial charge < -0.3 is 38.2 Å². The van der Waals surface area contributed by atoms with E-state index in [-0.39, 0.29) is 59.3 Å². The van der Waals surface area contributed by atoms with Gasteiger partial charge in [0.25, 0.3) is 11.8 Å². The minimum Gasteiger partial charge on any atom is -0.488 e. The normalized spacial score (nSPS) is 18.7. The number of hydrogen-bond donors (Lipinski definition) is 0. The summed E-state index contributed by atoms with van der Waals surface area (Å²) in [6.07, 6.45) is 9.89. The zero-order valence-corrected chi connectivity index (χ0v) is 43.0. The van der Waals surface area contributed by atoms with E-state index >= 15 is 0 Å². The third kappa shape index (κ3) is 7.76. The number of amides is 2. The fraction of sp³-hybridized carbons (Fsp3) is 0.215. The van der Waals surface area contributed by atoms with Crippen LogP contribution in [-0.2, 0) is 38.1 Å². The number of ether oxygens (including phenoxy) is 6. The summed E-state index contributed by atoms with van der Waals surface area (Å²) < 4.78 is 34.1. The van der Waals surface area contributed by atoms with E-state index in [4.69, 9.17) is 41.3 Å². The number of rotatable bonds is 8. The maximum atomic E-state index is 14.5. The standard InChI is InChI=1S/C33H27NO6.C32H23NO5/c1-5-20-17-39-33(37)24-14-8-13-23(31(24)40-20)28-26-21-11-6-9-19-10-7-12-22(25(19)21)27(26)29(30(28)35)32(36)34(18(2)3)15-16-38-4;1-3-20-17-37-18(2)21-9-6-12-24(31(21)38-20)28-26-22-10-4-7-19-8-5-11-23(25(19)22)27(26)29(30(28)34)32(35)33-13-15-36-16-14-33/h1,6-14,18,20H,15-17H2,2-4H3;1,4-12,20H,2,13-17H2. The van der Waals surface area contributed by atoms with Crippen LogP contribution in [0.1, 0.15) is 63.1 Å². The molecule has 2 atom stereocenters. The van der Waals surface area contributed by atoms with Crippen molar-refractivity contribution in [2.24, 2.45) is 0 Å². The highest BCUT2D eigenvalue weighted by Gasteiger charge is 2.47. The summed E-state index contributed by atoms with van der Waals surface area (Å²) in [5.41, 5.74) is 8.99. The van der Waals surface area contributed by atoms with Gasteiger partial charge in [0, 0.05) is 77.4 Å². The molecule has 13 nitrogen and oxygen atoms in total. The number of carbonyl (C=O) groups is 5. The predicted molar refractivity (Wildman–Crippen MR) is 296 cm³/mol. The van der Waals surface area contributed by atoms with E-state index in [9.17, 15) is 24.0 Å². The molecule has 0 N–H and O–H groups in total. The summed E-state index contributed by atoms with van der Waals surface area (Å²) >= 11 is 0. The van der Waals surface area contributed by atoms with Gasteiger partial charge in [0.2, 0.25) is 11.6 Å². The summed E-state index contributed by atoms with van der Waals surface area (Å²) in [7, 11) is 1.58. The lowest BCUT2D eigenvalue weighted by molar-refractivity contribution is -0.133. The van der Waals surface area contributed by atoms with Crippen LogP contribution >= 0.6 is 0 Å². The van der Waals surface area contributed by atoms with Crippen molar-refractivity contribution in [3.8, 4) is 36.2 Å². The van der Waals surface area contributed by atoms with Crippen LogP contribution in [0.25, 0.3) is 60.7 Å². The Morgan fingerprint density at radius 2 is 1.08 bits per heavy atom. The molecule has 0 spiro atoms. The summed E-state index contributed by atoms with van der Waals surface area (Å²) in [4.78, 5) is 73.3. The van der Waals surface area contributed by atoms with Gasteiger partial charge in [0.05, 0.1) is 36.5 Å². The predicted octanol–water partition coefficient (Wildman–Crippen LogP) is 8.88. The van der Waals surface area contributed by atoms with Gasteiger partial charge in [-0.15, -0.1) is 12.8 Å². The van der Waals surface area contributed by atoms with Crippen LogP contribution in [0.2, 0.25) is 0 Å². The fourth-order valence-electron chi connectivity index (χ4n) is 11.7. The van der Waals surface area contributed by atoms with Gasteiger partial charge in [-0.2, -0.15) is 0 Å². The van der Waals surface area contributed by atoms with Crippen molar-refractivity contribution in [2.75, 3.05) is 59.8 Å². The molecule has 2 amide bonds. The van der Waals surface area contributed by atoms with Crippen molar-refractivity contribution in [1.29, 1.82) is 0 Å². The number of carbonyl (C=O) groups excluding carboxylic acids is 5. The van der Waals surface area contributed by atoms with Gasteiger partial charge in [-0.3, -0.25) is 19.2 Å². The Kier molecular flexibility index (Phi) is 12.5. The van der Waals surface area contributed by atoms with Crippen LogP contribution in [0.3, 0.4) is 0 Å². The van der Waals surface area contributed by atoms with E-state index in [1.54, 1.807) is 35.1 Å². The number of nitrogens with zero attached hydrogens (tertiary/aromatic N) is 2. The molecule has 3 heterocycles. The third-order valence-electron chi connectivity index (χ3n) is 15.2. The Morgan fingerprint density at radius 3 is 1.60 bits per heavy atom. The van der Waals surface area contributed by atoms with Gasteiger partial charge in [-0.05, 0) is 69.8 Å². The second kappa shape index (κ2) is 19.7. The molecule has 1 saturated heterocycles. The molecular formula is C65H50N2O11. The number of esters is 1. The molecule has 4 aliphatic carbocycles. The van der Waals surface area contributed by atoms with E-state index in [0.717, 1.165) is 49.4 Å². The molecule has 6 aromatic carbocycles. The Morgan fingerprint density at radius 1 is 0.628 bits per heavy atom. The number of terminal acetylenes is 2. The number of para-hydroxylation sites is 2. The zero-order chi connectivity index (χ0) is 54.1. The number of benzene rings is 6. The molecule has 13 heteroatoms. The maximum absolute atomic E-state index is 14.5. The van der Waals surface area contributed by atoms with E-state index in [1.165, 1.54) is 0 Å². The van der Waals surface area contributed by atoms with Crippen LogP contribution in [0.15, 0.2) is 127 Å². The topological polar surface area (TPSA) is 147 Å². The van der Waals surface area contributed by atoms with Gasteiger partial charge in [-0.1, -0.05) is 115 Å². The molecule has 0 aromatic heterocycles. The first-order chi connectivity index (χ1) is 37.9. The van der Waals surface area contributed by atoms with E-state index in [2.05, 4.69) is 18.4 Å². The lowest BCUT2D eigenvalue weighted by Gasteiger charge is -2.27. The molecule has 13 rings (SSSR count). The number of cyclic esters (lactones) is 1. The van der Waals surface area contributed by atoms with Crippen LogP contribution in [-0.4, -0.2) is 117 Å².